The molecule has 0 spiro atoms. The van der Waals surface area contributed by atoms with E-state index >= 15 is 0 Å². The van der Waals surface area contributed by atoms with Crippen molar-refractivity contribution in [2.75, 3.05) is 19.6 Å². The molecule has 0 bridgehead atoms. The summed E-state index contributed by atoms with van der Waals surface area (Å²) in [6.45, 7) is 11.3. The molecule has 0 radical (unpaired) electrons. The van der Waals surface area contributed by atoms with Crippen LogP contribution in [0, 0.1) is 12.8 Å². The van der Waals surface area contributed by atoms with Crippen LogP contribution >= 0.6 is 0 Å². The van der Waals surface area contributed by atoms with Crippen molar-refractivity contribution in [3.63, 3.8) is 0 Å². The van der Waals surface area contributed by atoms with E-state index in [1.807, 2.05) is 0 Å². The second kappa shape index (κ2) is 6.35. The molecule has 0 saturated carbocycles. The van der Waals surface area contributed by atoms with Gasteiger partial charge in [-0.25, -0.2) is 0 Å². The summed E-state index contributed by atoms with van der Waals surface area (Å²) in [5.74, 6) is 0.773. The summed E-state index contributed by atoms with van der Waals surface area (Å²) in [6, 6.07) is 9.60. The van der Waals surface area contributed by atoms with Crippen molar-refractivity contribution < 1.29 is 0 Å². The predicted molar refractivity (Wildman–Crippen MR) is 77.7 cm³/mol. The monoisotopic (exact) mass is 246 g/mol. The van der Waals surface area contributed by atoms with Crippen LogP contribution in [0.3, 0.4) is 0 Å². The van der Waals surface area contributed by atoms with Gasteiger partial charge in [0, 0.05) is 32.2 Å². The number of rotatable bonds is 4. The standard InChI is InChI=1S/C16H26N2/c1-13(2)9-16-11-17-7-8-18(16)12-15-6-4-5-14(3)10-15/h4-6,10,13,16-17H,7-9,11-12H2,1-3H3. The molecule has 1 aliphatic heterocycles. The lowest BCUT2D eigenvalue weighted by atomic mass is 10.00. The van der Waals surface area contributed by atoms with Gasteiger partial charge in [-0.3, -0.25) is 4.90 Å². The molecule has 2 heteroatoms. The maximum atomic E-state index is 3.53. The number of hydrogen-bond acceptors (Lipinski definition) is 2. The van der Waals surface area contributed by atoms with E-state index in [1.165, 1.54) is 24.1 Å². The van der Waals surface area contributed by atoms with Crippen molar-refractivity contribution in [3.05, 3.63) is 35.4 Å². The van der Waals surface area contributed by atoms with Gasteiger partial charge in [-0.05, 0) is 24.8 Å². The third-order valence-electron chi connectivity index (χ3n) is 3.68. The third kappa shape index (κ3) is 3.82. The highest BCUT2D eigenvalue weighted by molar-refractivity contribution is 5.22. The van der Waals surface area contributed by atoms with Crippen molar-refractivity contribution >= 4 is 0 Å². The van der Waals surface area contributed by atoms with Gasteiger partial charge < -0.3 is 5.32 Å². The first kappa shape index (κ1) is 13.6. The van der Waals surface area contributed by atoms with E-state index in [4.69, 9.17) is 0 Å². The number of aryl methyl sites for hydroxylation is 1. The molecule has 0 amide bonds. The van der Waals surface area contributed by atoms with Crippen LogP contribution in [0.5, 0.6) is 0 Å². The van der Waals surface area contributed by atoms with Crippen molar-refractivity contribution in [2.45, 2.75) is 39.8 Å². The van der Waals surface area contributed by atoms with Crippen LogP contribution in [-0.4, -0.2) is 30.6 Å². The van der Waals surface area contributed by atoms with Crippen molar-refractivity contribution in [3.8, 4) is 0 Å². The lowest BCUT2D eigenvalue weighted by Crippen LogP contribution is -2.51. The van der Waals surface area contributed by atoms with Gasteiger partial charge in [0.1, 0.15) is 0 Å². The van der Waals surface area contributed by atoms with Crippen LogP contribution in [-0.2, 0) is 6.54 Å². The fraction of sp³-hybridized carbons (Fsp3) is 0.625. The highest BCUT2D eigenvalue weighted by atomic mass is 15.2. The van der Waals surface area contributed by atoms with Gasteiger partial charge in [0.05, 0.1) is 0 Å². The fourth-order valence-corrected chi connectivity index (χ4v) is 2.83. The maximum absolute atomic E-state index is 3.53. The molecule has 1 atom stereocenters. The van der Waals surface area contributed by atoms with Crippen LogP contribution in [0.15, 0.2) is 24.3 Å². The van der Waals surface area contributed by atoms with Crippen molar-refractivity contribution in [1.82, 2.24) is 10.2 Å². The van der Waals surface area contributed by atoms with Gasteiger partial charge in [-0.15, -0.1) is 0 Å². The number of benzene rings is 1. The Labute approximate surface area is 111 Å². The van der Waals surface area contributed by atoms with Crippen molar-refractivity contribution in [2.24, 2.45) is 5.92 Å². The number of piperazine rings is 1. The summed E-state index contributed by atoms with van der Waals surface area (Å²) in [5, 5.41) is 3.53. The second-order valence-corrected chi connectivity index (χ2v) is 5.95. The van der Waals surface area contributed by atoms with E-state index < -0.39 is 0 Å². The Kier molecular flexibility index (Phi) is 4.79. The average molecular weight is 246 g/mol. The van der Waals surface area contributed by atoms with Gasteiger partial charge >= 0.3 is 0 Å². The Morgan fingerprint density at radius 1 is 1.39 bits per heavy atom. The third-order valence-corrected chi connectivity index (χ3v) is 3.68. The van der Waals surface area contributed by atoms with E-state index in [1.54, 1.807) is 0 Å². The Balaban J connectivity index is 2.00. The van der Waals surface area contributed by atoms with E-state index in [0.717, 1.165) is 25.6 Å². The molecular weight excluding hydrogens is 220 g/mol. The number of nitrogens with one attached hydrogen (secondary N) is 1. The zero-order valence-electron chi connectivity index (χ0n) is 11.9. The Morgan fingerprint density at radius 3 is 2.94 bits per heavy atom. The number of hydrogen-bond donors (Lipinski definition) is 1. The highest BCUT2D eigenvalue weighted by Gasteiger charge is 2.22. The lowest BCUT2D eigenvalue weighted by molar-refractivity contribution is 0.134. The molecule has 18 heavy (non-hydrogen) atoms. The smallest absolute Gasteiger partial charge is 0.0237 e. The minimum Gasteiger partial charge on any atom is -0.314 e. The molecular formula is C16H26N2. The minimum absolute atomic E-state index is 0.694. The van der Waals surface area contributed by atoms with Crippen LogP contribution in [0.4, 0.5) is 0 Å². The molecule has 1 aromatic rings. The molecule has 1 saturated heterocycles. The normalized spacial score (nSPS) is 21.4. The molecule has 1 fully saturated rings. The zero-order chi connectivity index (χ0) is 13.0. The fourth-order valence-electron chi connectivity index (χ4n) is 2.83. The maximum Gasteiger partial charge on any atom is 0.0237 e. The summed E-state index contributed by atoms with van der Waals surface area (Å²) in [7, 11) is 0. The summed E-state index contributed by atoms with van der Waals surface area (Å²) < 4.78 is 0. The molecule has 100 valence electrons. The molecule has 1 aliphatic rings. The van der Waals surface area contributed by atoms with Gasteiger partial charge in [-0.2, -0.15) is 0 Å². The molecule has 0 aromatic heterocycles. The summed E-state index contributed by atoms with van der Waals surface area (Å²) >= 11 is 0. The lowest BCUT2D eigenvalue weighted by Gasteiger charge is -2.37. The minimum atomic E-state index is 0.694. The van der Waals surface area contributed by atoms with Gasteiger partial charge in [0.2, 0.25) is 0 Å². The Bertz CT molecular complexity index is 373. The first-order valence-corrected chi connectivity index (χ1v) is 7.15. The Hall–Kier alpha value is -0.860. The SMILES string of the molecule is Cc1cccc(CN2CCNCC2CC(C)C)c1. The molecule has 0 aliphatic carbocycles. The average Bonchev–Trinajstić information content (AvgIpc) is 2.31. The zero-order valence-corrected chi connectivity index (χ0v) is 11.9. The van der Waals surface area contributed by atoms with Crippen molar-refractivity contribution in [1.29, 1.82) is 0 Å². The van der Waals surface area contributed by atoms with Crippen LogP contribution in [0.2, 0.25) is 0 Å². The summed E-state index contributed by atoms with van der Waals surface area (Å²) in [6.07, 6.45) is 1.29. The molecule has 2 nitrogen and oxygen atoms in total. The van der Waals surface area contributed by atoms with E-state index in [-0.39, 0.29) is 0 Å². The van der Waals surface area contributed by atoms with Gasteiger partial charge in [-0.1, -0.05) is 43.7 Å². The largest absolute Gasteiger partial charge is 0.314 e. The molecule has 1 unspecified atom stereocenters. The van der Waals surface area contributed by atoms with Crippen LogP contribution in [0.1, 0.15) is 31.4 Å². The molecule has 2 rings (SSSR count). The van der Waals surface area contributed by atoms with Gasteiger partial charge in [0.15, 0.2) is 0 Å². The van der Waals surface area contributed by atoms with Crippen LogP contribution in [0.25, 0.3) is 0 Å². The summed E-state index contributed by atoms with van der Waals surface area (Å²) in [4.78, 5) is 2.64. The first-order valence-electron chi connectivity index (χ1n) is 7.15. The predicted octanol–water partition coefficient (Wildman–Crippen LogP) is 2.81. The first-order chi connectivity index (χ1) is 8.65. The molecule has 1 heterocycles. The van der Waals surface area contributed by atoms with E-state index in [0.29, 0.717) is 6.04 Å². The highest BCUT2D eigenvalue weighted by Crippen LogP contribution is 2.17. The van der Waals surface area contributed by atoms with E-state index in [9.17, 15) is 0 Å². The van der Waals surface area contributed by atoms with E-state index in [2.05, 4.69) is 55.3 Å². The Morgan fingerprint density at radius 2 is 2.22 bits per heavy atom. The van der Waals surface area contributed by atoms with Crippen LogP contribution < -0.4 is 5.32 Å². The molecule has 1 aromatic carbocycles. The summed E-state index contributed by atoms with van der Waals surface area (Å²) in [5.41, 5.74) is 2.81. The topological polar surface area (TPSA) is 15.3 Å². The number of nitrogens with zero attached hydrogens (tertiary/aromatic N) is 1. The molecule has 1 N–H and O–H groups in total. The second-order valence-electron chi connectivity index (χ2n) is 5.95. The quantitative estimate of drug-likeness (QED) is 0.879. The van der Waals surface area contributed by atoms with Gasteiger partial charge in [0.25, 0.3) is 0 Å².